The lowest BCUT2D eigenvalue weighted by atomic mass is 10.1. The van der Waals surface area contributed by atoms with Crippen molar-refractivity contribution >= 4 is 5.96 Å². The lowest BCUT2D eigenvalue weighted by molar-refractivity contribution is 0.197. The van der Waals surface area contributed by atoms with Crippen LogP contribution in [0.1, 0.15) is 31.2 Å². The number of hydrogen-bond acceptors (Lipinski definition) is 2. The largest absolute Gasteiger partial charge is 0.354 e. The van der Waals surface area contributed by atoms with Gasteiger partial charge in [-0.1, -0.05) is 0 Å². The Balaban J connectivity index is 1.47. The second-order valence-corrected chi connectivity index (χ2v) is 6.35. The van der Waals surface area contributed by atoms with E-state index in [1.165, 1.54) is 18.9 Å². The summed E-state index contributed by atoms with van der Waals surface area (Å²) in [6.07, 6.45) is 4.87. The number of rotatable bonds is 4. The Morgan fingerprint density at radius 1 is 1.22 bits per heavy atom. The maximum atomic E-state index is 13.6. The van der Waals surface area contributed by atoms with Gasteiger partial charge < -0.3 is 15.5 Å². The summed E-state index contributed by atoms with van der Waals surface area (Å²) in [4.78, 5) is 6.75. The van der Waals surface area contributed by atoms with Gasteiger partial charge in [0.15, 0.2) is 5.96 Å². The average Bonchev–Trinajstić information content (AvgIpc) is 3.40. The molecule has 0 bridgehead atoms. The first-order valence-electron chi connectivity index (χ1n) is 8.31. The van der Waals surface area contributed by atoms with Crippen LogP contribution in [0.4, 0.5) is 8.78 Å². The van der Waals surface area contributed by atoms with Crippen molar-refractivity contribution in [3.05, 3.63) is 35.4 Å². The van der Waals surface area contributed by atoms with E-state index < -0.39 is 11.6 Å². The Labute approximate surface area is 136 Å². The average molecular weight is 322 g/mol. The van der Waals surface area contributed by atoms with Gasteiger partial charge in [0, 0.05) is 44.3 Å². The number of nitrogens with one attached hydrogen (secondary N) is 2. The second kappa shape index (κ2) is 7.25. The van der Waals surface area contributed by atoms with Crippen LogP contribution in [0.2, 0.25) is 0 Å². The third kappa shape index (κ3) is 4.41. The van der Waals surface area contributed by atoms with Gasteiger partial charge in [-0.3, -0.25) is 4.99 Å². The van der Waals surface area contributed by atoms with Crippen LogP contribution in [0.3, 0.4) is 0 Å². The van der Waals surface area contributed by atoms with E-state index in [-0.39, 0.29) is 6.54 Å². The van der Waals surface area contributed by atoms with Crippen molar-refractivity contribution in [2.45, 2.75) is 44.3 Å². The molecule has 0 amide bonds. The molecule has 1 aromatic rings. The van der Waals surface area contributed by atoms with Crippen LogP contribution < -0.4 is 10.6 Å². The van der Waals surface area contributed by atoms with Crippen molar-refractivity contribution in [2.75, 3.05) is 20.1 Å². The summed E-state index contributed by atoms with van der Waals surface area (Å²) in [6.45, 7) is 2.46. The highest BCUT2D eigenvalue weighted by Crippen LogP contribution is 2.29. The molecule has 1 saturated carbocycles. The van der Waals surface area contributed by atoms with Crippen molar-refractivity contribution in [3.63, 3.8) is 0 Å². The Kier molecular flexibility index (Phi) is 5.10. The van der Waals surface area contributed by atoms with Gasteiger partial charge in [0.2, 0.25) is 0 Å². The van der Waals surface area contributed by atoms with E-state index in [0.717, 1.165) is 44.1 Å². The van der Waals surface area contributed by atoms with Gasteiger partial charge in [-0.15, -0.1) is 0 Å². The zero-order chi connectivity index (χ0) is 16.2. The molecule has 0 aromatic heterocycles. The molecule has 4 nitrogen and oxygen atoms in total. The fraction of sp³-hybridized carbons (Fsp3) is 0.588. The predicted molar refractivity (Wildman–Crippen MR) is 87.3 cm³/mol. The van der Waals surface area contributed by atoms with Gasteiger partial charge in [-0.25, -0.2) is 8.78 Å². The van der Waals surface area contributed by atoms with E-state index in [2.05, 4.69) is 20.5 Å². The highest BCUT2D eigenvalue weighted by molar-refractivity contribution is 5.79. The number of likely N-dealkylation sites (tertiary alicyclic amines) is 1. The first-order valence-corrected chi connectivity index (χ1v) is 8.31. The smallest absolute Gasteiger partial charge is 0.191 e. The minimum absolute atomic E-state index is 0.212. The Bertz CT molecular complexity index is 564. The Hall–Kier alpha value is -1.69. The molecule has 6 heteroatoms. The summed E-state index contributed by atoms with van der Waals surface area (Å²) >= 11 is 0. The van der Waals surface area contributed by atoms with Gasteiger partial charge in [0.1, 0.15) is 11.6 Å². The van der Waals surface area contributed by atoms with Crippen LogP contribution in [0.5, 0.6) is 0 Å². The normalized spacial score (nSPS) is 20.6. The van der Waals surface area contributed by atoms with E-state index in [1.807, 2.05) is 0 Å². The summed E-state index contributed by atoms with van der Waals surface area (Å²) in [6, 6.07) is 4.69. The predicted octanol–water partition coefficient (Wildman–Crippen LogP) is 2.26. The third-order valence-electron chi connectivity index (χ3n) is 4.61. The molecule has 23 heavy (non-hydrogen) atoms. The molecular weight excluding hydrogens is 298 g/mol. The number of piperidine rings is 1. The third-order valence-corrected chi connectivity index (χ3v) is 4.61. The first kappa shape index (κ1) is 16.2. The number of guanidine groups is 1. The zero-order valence-corrected chi connectivity index (χ0v) is 13.5. The molecule has 3 rings (SSSR count). The number of aliphatic imine (C=N–C) groups is 1. The summed E-state index contributed by atoms with van der Waals surface area (Å²) in [5, 5.41) is 6.45. The molecule has 1 saturated heterocycles. The van der Waals surface area contributed by atoms with Gasteiger partial charge in [0.25, 0.3) is 0 Å². The fourth-order valence-corrected chi connectivity index (χ4v) is 3.09. The number of nitrogens with zero attached hydrogens (tertiary/aromatic N) is 2. The van der Waals surface area contributed by atoms with E-state index >= 15 is 0 Å². The van der Waals surface area contributed by atoms with Crippen molar-refractivity contribution in [2.24, 2.45) is 4.99 Å². The van der Waals surface area contributed by atoms with Crippen LogP contribution in [0, 0.1) is 11.6 Å². The SMILES string of the molecule is CN=C(NCc1cc(F)ccc1F)NC1CCN(C2CC2)CC1. The molecule has 1 aliphatic carbocycles. The van der Waals surface area contributed by atoms with E-state index in [0.29, 0.717) is 17.6 Å². The molecule has 0 spiro atoms. The minimum atomic E-state index is -0.432. The number of hydrogen-bond donors (Lipinski definition) is 2. The summed E-state index contributed by atoms with van der Waals surface area (Å²) in [5.74, 6) is -0.204. The first-order chi connectivity index (χ1) is 11.2. The van der Waals surface area contributed by atoms with Crippen molar-refractivity contribution in [3.8, 4) is 0 Å². The molecule has 1 aromatic carbocycles. The van der Waals surface area contributed by atoms with Gasteiger partial charge in [0.05, 0.1) is 0 Å². The minimum Gasteiger partial charge on any atom is -0.354 e. The molecule has 2 fully saturated rings. The number of benzene rings is 1. The molecule has 0 unspecified atom stereocenters. The zero-order valence-electron chi connectivity index (χ0n) is 13.5. The van der Waals surface area contributed by atoms with Crippen LogP contribution >= 0.6 is 0 Å². The quantitative estimate of drug-likeness (QED) is 0.660. The molecule has 0 radical (unpaired) electrons. The van der Waals surface area contributed by atoms with Gasteiger partial charge in [-0.05, 0) is 43.9 Å². The van der Waals surface area contributed by atoms with Crippen LogP contribution in [0.15, 0.2) is 23.2 Å². The molecule has 126 valence electrons. The maximum Gasteiger partial charge on any atom is 0.191 e. The van der Waals surface area contributed by atoms with E-state index in [1.54, 1.807) is 7.05 Å². The topological polar surface area (TPSA) is 39.7 Å². The second-order valence-electron chi connectivity index (χ2n) is 6.35. The lowest BCUT2D eigenvalue weighted by Gasteiger charge is -2.33. The molecule has 2 N–H and O–H groups in total. The maximum absolute atomic E-state index is 13.6. The molecule has 1 aliphatic heterocycles. The van der Waals surface area contributed by atoms with Crippen LogP contribution in [-0.4, -0.2) is 43.1 Å². The highest BCUT2D eigenvalue weighted by atomic mass is 19.1. The summed E-state index contributed by atoms with van der Waals surface area (Å²) in [7, 11) is 1.69. The molecule has 1 heterocycles. The van der Waals surface area contributed by atoms with Crippen molar-refractivity contribution < 1.29 is 8.78 Å². The van der Waals surface area contributed by atoms with E-state index in [9.17, 15) is 8.78 Å². The molecular formula is C17H24F2N4. The van der Waals surface area contributed by atoms with Crippen molar-refractivity contribution in [1.82, 2.24) is 15.5 Å². The fourth-order valence-electron chi connectivity index (χ4n) is 3.09. The van der Waals surface area contributed by atoms with Crippen LogP contribution in [0.25, 0.3) is 0 Å². The van der Waals surface area contributed by atoms with E-state index in [4.69, 9.17) is 0 Å². The molecule has 0 atom stereocenters. The standard InChI is InChI=1S/C17H24F2N4/c1-20-17(21-11-12-10-13(18)2-5-16(12)19)22-14-6-8-23(9-7-14)15-3-4-15/h2,5,10,14-15H,3-4,6-9,11H2,1H3,(H2,20,21,22). The molecule has 2 aliphatic rings. The monoisotopic (exact) mass is 322 g/mol. The summed E-state index contributed by atoms with van der Waals surface area (Å²) < 4.78 is 26.8. The van der Waals surface area contributed by atoms with Crippen molar-refractivity contribution in [1.29, 1.82) is 0 Å². The number of halogens is 2. The van der Waals surface area contributed by atoms with Crippen LogP contribution in [-0.2, 0) is 6.54 Å². The Morgan fingerprint density at radius 3 is 2.61 bits per heavy atom. The Morgan fingerprint density at radius 2 is 1.96 bits per heavy atom. The van der Waals surface area contributed by atoms with Gasteiger partial charge in [-0.2, -0.15) is 0 Å². The lowest BCUT2D eigenvalue weighted by Crippen LogP contribution is -2.48. The summed E-state index contributed by atoms with van der Waals surface area (Å²) in [5.41, 5.74) is 0.302. The van der Waals surface area contributed by atoms with Gasteiger partial charge >= 0.3 is 0 Å². The highest BCUT2D eigenvalue weighted by Gasteiger charge is 2.31.